The summed E-state index contributed by atoms with van der Waals surface area (Å²) in [6, 6.07) is 0. The van der Waals surface area contributed by atoms with Crippen molar-refractivity contribution < 1.29 is 14.1 Å². The highest BCUT2D eigenvalue weighted by Crippen LogP contribution is 2.34. The van der Waals surface area contributed by atoms with Gasteiger partial charge in [-0.05, 0) is 19.3 Å². The predicted molar refractivity (Wildman–Crippen MR) is 62.5 cm³/mol. The molecule has 0 saturated carbocycles. The fraction of sp³-hybridized carbons (Fsp3) is 0.750. The molecule has 0 spiro atoms. The van der Waals surface area contributed by atoms with Crippen LogP contribution in [0, 0.1) is 5.41 Å². The summed E-state index contributed by atoms with van der Waals surface area (Å²) in [4.78, 5) is 15.2. The number of nitrogens with zero attached hydrogens (tertiary/aromatic N) is 2. The Kier molecular flexibility index (Phi) is 4.40. The van der Waals surface area contributed by atoms with Gasteiger partial charge in [-0.1, -0.05) is 25.9 Å². The van der Waals surface area contributed by atoms with E-state index >= 15 is 0 Å². The molecule has 1 heterocycles. The number of rotatable bonds is 5. The molecule has 0 aliphatic heterocycles. The predicted octanol–water partition coefficient (Wildman–Crippen LogP) is 2.32. The number of hydrogen-bond acceptors (Lipinski definition) is 5. The minimum Gasteiger partial charge on any atom is -0.370 e. The third-order valence-electron chi connectivity index (χ3n) is 2.24. The average Bonchev–Trinajstić information content (AvgIpc) is 2.59. The average molecular weight is 240 g/mol. The molecule has 1 unspecified atom stereocenters. The Morgan fingerprint density at radius 3 is 2.59 bits per heavy atom. The number of hydrogen-bond donors (Lipinski definition) is 0. The zero-order chi connectivity index (χ0) is 13.1. The van der Waals surface area contributed by atoms with Crippen LogP contribution >= 0.6 is 0 Å². The molecule has 0 amide bonds. The van der Waals surface area contributed by atoms with Crippen LogP contribution in [0.25, 0.3) is 0 Å². The van der Waals surface area contributed by atoms with Crippen molar-refractivity contribution in [3.63, 3.8) is 0 Å². The molecule has 1 aromatic heterocycles. The smallest absolute Gasteiger partial charge is 0.234 e. The first-order valence-corrected chi connectivity index (χ1v) is 5.78. The summed E-state index contributed by atoms with van der Waals surface area (Å²) in [5.41, 5.74) is -0.118. The molecule has 0 aliphatic carbocycles. The van der Waals surface area contributed by atoms with Crippen LogP contribution in [0.15, 0.2) is 4.52 Å². The third kappa shape index (κ3) is 3.93. The van der Waals surface area contributed by atoms with Gasteiger partial charge in [-0.25, -0.2) is 0 Å². The van der Waals surface area contributed by atoms with E-state index in [9.17, 15) is 4.79 Å². The summed E-state index contributed by atoms with van der Waals surface area (Å²) in [6.07, 6.45) is -0.0485. The number of carbonyl (C=O) groups is 1. The monoisotopic (exact) mass is 240 g/mol. The van der Waals surface area contributed by atoms with Gasteiger partial charge in [0.2, 0.25) is 11.7 Å². The van der Waals surface area contributed by atoms with Gasteiger partial charge in [-0.2, -0.15) is 4.98 Å². The van der Waals surface area contributed by atoms with Crippen LogP contribution in [0.4, 0.5) is 0 Å². The molecule has 0 N–H and O–H groups in total. The van der Waals surface area contributed by atoms with E-state index in [0.29, 0.717) is 18.3 Å². The summed E-state index contributed by atoms with van der Waals surface area (Å²) >= 11 is 0. The van der Waals surface area contributed by atoms with Crippen molar-refractivity contribution in [2.45, 2.75) is 47.1 Å². The SMILES string of the molecule is CCOC(c1noc(CC(C)=O)n1)C(C)(C)C. The van der Waals surface area contributed by atoms with Gasteiger partial charge in [-0.3, -0.25) is 4.79 Å². The fourth-order valence-corrected chi connectivity index (χ4v) is 1.54. The van der Waals surface area contributed by atoms with Gasteiger partial charge in [0.05, 0.1) is 6.42 Å². The molecule has 96 valence electrons. The summed E-state index contributed by atoms with van der Waals surface area (Å²) < 4.78 is 10.7. The maximum atomic E-state index is 11.0. The van der Waals surface area contributed by atoms with Crippen molar-refractivity contribution in [2.24, 2.45) is 5.41 Å². The Morgan fingerprint density at radius 1 is 1.47 bits per heavy atom. The zero-order valence-electron chi connectivity index (χ0n) is 11.1. The molecule has 5 nitrogen and oxygen atoms in total. The number of ether oxygens (including phenoxy) is 1. The first kappa shape index (κ1) is 13.8. The Labute approximate surface area is 102 Å². The Balaban J connectivity index is 2.88. The summed E-state index contributed by atoms with van der Waals surface area (Å²) in [7, 11) is 0. The van der Waals surface area contributed by atoms with Crippen molar-refractivity contribution in [3.05, 3.63) is 11.7 Å². The zero-order valence-corrected chi connectivity index (χ0v) is 11.1. The first-order valence-electron chi connectivity index (χ1n) is 5.78. The van der Waals surface area contributed by atoms with Crippen molar-refractivity contribution >= 4 is 5.78 Å². The van der Waals surface area contributed by atoms with Crippen LogP contribution in [0.2, 0.25) is 0 Å². The van der Waals surface area contributed by atoms with Crippen LogP contribution in [-0.4, -0.2) is 22.5 Å². The van der Waals surface area contributed by atoms with Crippen LogP contribution in [0.3, 0.4) is 0 Å². The molecular weight excluding hydrogens is 220 g/mol. The van der Waals surface area contributed by atoms with Gasteiger partial charge >= 0.3 is 0 Å². The van der Waals surface area contributed by atoms with E-state index in [4.69, 9.17) is 9.26 Å². The lowest BCUT2D eigenvalue weighted by atomic mass is 9.88. The van der Waals surface area contributed by atoms with Crippen molar-refractivity contribution in [1.29, 1.82) is 0 Å². The van der Waals surface area contributed by atoms with Gasteiger partial charge in [-0.15, -0.1) is 0 Å². The third-order valence-corrected chi connectivity index (χ3v) is 2.24. The van der Waals surface area contributed by atoms with E-state index in [1.807, 2.05) is 27.7 Å². The highest BCUT2D eigenvalue weighted by Gasteiger charge is 2.31. The molecule has 0 aliphatic rings. The molecule has 0 radical (unpaired) electrons. The molecule has 1 aromatic rings. The second-order valence-electron chi connectivity index (χ2n) is 5.13. The second-order valence-corrected chi connectivity index (χ2v) is 5.13. The second kappa shape index (κ2) is 5.40. The number of aromatic nitrogens is 2. The standard InChI is InChI=1S/C12H20N2O3/c1-6-16-10(12(3,4)5)11-13-9(17-14-11)7-8(2)15/h10H,6-7H2,1-5H3. The minimum atomic E-state index is -0.225. The quantitative estimate of drug-likeness (QED) is 0.790. The van der Waals surface area contributed by atoms with E-state index in [0.717, 1.165) is 0 Å². The Morgan fingerprint density at radius 2 is 2.12 bits per heavy atom. The summed E-state index contributed by atoms with van der Waals surface area (Å²) in [5, 5.41) is 3.89. The van der Waals surface area contributed by atoms with E-state index < -0.39 is 0 Å². The summed E-state index contributed by atoms with van der Waals surface area (Å²) in [5.74, 6) is 0.862. The van der Waals surface area contributed by atoms with Gasteiger partial charge in [0.15, 0.2) is 0 Å². The molecule has 0 aromatic carbocycles. The number of ketones is 1. The van der Waals surface area contributed by atoms with Crippen molar-refractivity contribution in [3.8, 4) is 0 Å². The molecule has 1 rings (SSSR count). The molecular formula is C12H20N2O3. The van der Waals surface area contributed by atoms with E-state index in [1.165, 1.54) is 6.92 Å². The van der Waals surface area contributed by atoms with Crippen molar-refractivity contribution in [2.75, 3.05) is 6.61 Å². The van der Waals surface area contributed by atoms with Gasteiger partial charge < -0.3 is 9.26 Å². The highest BCUT2D eigenvalue weighted by atomic mass is 16.5. The topological polar surface area (TPSA) is 65.2 Å². The fourth-order valence-electron chi connectivity index (χ4n) is 1.54. The van der Waals surface area contributed by atoms with Crippen LogP contribution in [0.5, 0.6) is 0 Å². The molecule has 17 heavy (non-hydrogen) atoms. The molecule has 0 fully saturated rings. The maximum absolute atomic E-state index is 11.0. The largest absolute Gasteiger partial charge is 0.370 e. The van der Waals surface area contributed by atoms with E-state index in [-0.39, 0.29) is 23.7 Å². The Bertz CT molecular complexity index is 379. The molecule has 1 atom stereocenters. The van der Waals surface area contributed by atoms with Crippen LogP contribution < -0.4 is 0 Å². The lowest BCUT2D eigenvalue weighted by molar-refractivity contribution is -0.116. The van der Waals surface area contributed by atoms with E-state index in [1.54, 1.807) is 0 Å². The minimum absolute atomic E-state index is 0.00363. The van der Waals surface area contributed by atoms with Crippen LogP contribution in [-0.2, 0) is 16.0 Å². The van der Waals surface area contributed by atoms with Gasteiger partial charge in [0, 0.05) is 6.61 Å². The normalized spacial score (nSPS) is 13.7. The van der Waals surface area contributed by atoms with Crippen LogP contribution in [0.1, 0.15) is 52.4 Å². The van der Waals surface area contributed by atoms with E-state index in [2.05, 4.69) is 10.1 Å². The maximum Gasteiger partial charge on any atom is 0.234 e. The van der Waals surface area contributed by atoms with Gasteiger partial charge in [0.25, 0.3) is 0 Å². The highest BCUT2D eigenvalue weighted by molar-refractivity contribution is 5.77. The summed E-state index contributed by atoms with van der Waals surface area (Å²) in [6.45, 7) is 10.2. The lowest BCUT2D eigenvalue weighted by Crippen LogP contribution is -2.22. The molecule has 0 bridgehead atoms. The lowest BCUT2D eigenvalue weighted by Gasteiger charge is -2.27. The van der Waals surface area contributed by atoms with Crippen molar-refractivity contribution in [1.82, 2.24) is 10.1 Å². The Hall–Kier alpha value is -1.23. The number of Topliss-reactive ketones (excluding diaryl/α,β-unsaturated/α-hetero) is 1. The number of carbonyl (C=O) groups excluding carboxylic acids is 1. The first-order chi connectivity index (χ1) is 7.84. The van der Waals surface area contributed by atoms with Gasteiger partial charge in [0.1, 0.15) is 11.9 Å². The molecule has 5 heteroatoms. The molecule has 0 saturated heterocycles.